The number of fused-ring (bicyclic) bond motifs is 1. The van der Waals surface area contributed by atoms with Crippen LogP contribution in [0.25, 0.3) is 0 Å². The van der Waals surface area contributed by atoms with E-state index in [9.17, 15) is 9.59 Å². The van der Waals surface area contributed by atoms with Crippen LogP contribution in [0.4, 0.5) is 11.4 Å². The van der Waals surface area contributed by atoms with E-state index in [0.717, 1.165) is 35.3 Å². The van der Waals surface area contributed by atoms with E-state index in [-0.39, 0.29) is 17.9 Å². The van der Waals surface area contributed by atoms with Crippen molar-refractivity contribution in [2.75, 3.05) is 30.6 Å². The molecule has 0 aromatic heterocycles. The monoisotopic (exact) mass is 407 g/mol. The van der Waals surface area contributed by atoms with Gasteiger partial charge in [0.25, 0.3) is 5.91 Å². The van der Waals surface area contributed by atoms with Crippen LogP contribution in [0.5, 0.6) is 0 Å². The fraction of sp³-hybridized carbons (Fsp3) is 0.417. The van der Waals surface area contributed by atoms with Gasteiger partial charge in [-0.25, -0.2) is 5.06 Å². The lowest BCUT2D eigenvalue weighted by Crippen LogP contribution is -2.38. The summed E-state index contributed by atoms with van der Waals surface area (Å²) in [6.07, 6.45) is 0.964. The molecule has 0 N–H and O–H groups in total. The second-order valence-electron chi connectivity index (χ2n) is 8.28. The zero-order valence-electron chi connectivity index (χ0n) is 18.0. The fourth-order valence-electron chi connectivity index (χ4n) is 4.34. The molecule has 0 saturated carbocycles. The number of benzene rings is 2. The number of hydrogen-bond donors (Lipinski definition) is 0. The zero-order chi connectivity index (χ0) is 21.4. The Morgan fingerprint density at radius 3 is 2.33 bits per heavy atom. The Labute approximate surface area is 178 Å². The Kier molecular flexibility index (Phi) is 5.52. The molecular weight excluding hydrogens is 378 g/mol. The van der Waals surface area contributed by atoms with Gasteiger partial charge in [-0.3, -0.25) is 19.3 Å². The summed E-state index contributed by atoms with van der Waals surface area (Å²) in [4.78, 5) is 36.0. The van der Waals surface area contributed by atoms with Crippen LogP contribution in [0.3, 0.4) is 0 Å². The van der Waals surface area contributed by atoms with Gasteiger partial charge in [-0.2, -0.15) is 0 Å². The molecule has 4 rings (SSSR count). The molecule has 2 aromatic carbocycles. The molecule has 158 valence electrons. The summed E-state index contributed by atoms with van der Waals surface area (Å²) in [5.41, 5.74) is 3.97. The van der Waals surface area contributed by atoms with Crippen molar-refractivity contribution in [3.05, 3.63) is 59.7 Å². The van der Waals surface area contributed by atoms with E-state index in [0.29, 0.717) is 6.54 Å². The minimum Gasteiger partial charge on any atom is -0.378 e. The zero-order valence-corrected chi connectivity index (χ0v) is 18.0. The van der Waals surface area contributed by atoms with Gasteiger partial charge in [0.15, 0.2) is 6.10 Å². The number of imide groups is 1. The lowest BCUT2D eigenvalue weighted by molar-refractivity contribution is -0.143. The predicted molar refractivity (Wildman–Crippen MR) is 117 cm³/mol. The van der Waals surface area contributed by atoms with Gasteiger partial charge < -0.3 is 4.90 Å². The number of hydrogen-bond acceptors (Lipinski definition) is 5. The largest absolute Gasteiger partial charge is 0.378 e. The van der Waals surface area contributed by atoms with Crippen LogP contribution in [-0.4, -0.2) is 43.5 Å². The number of aryl methyl sites for hydroxylation is 1. The van der Waals surface area contributed by atoms with Crippen molar-refractivity contribution >= 4 is 23.2 Å². The van der Waals surface area contributed by atoms with Crippen LogP contribution >= 0.6 is 0 Å². The number of nitrogens with zero attached hydrogens (tertiary/aromatic N) is 3. The van der Waals surface area contributed by atoms with Gasteiger partial charge in [0.1, 0.15) is 5.92 Å². The standard InChI is InChI=1S/C24H29N3O3/c1-5-6-15-26-23(28)20-21(17-11-13-18(14-12-17)25(3)4)27(30-22(20)24(26)29)19-10-8-7-9-16(19)2/h7-14,20-22H,5-6,15H2,1-4H3/t20-,21-,22+/m1/s1. The maximum atomic E-state index is 13.3. The number of hydroxylamine groups is 1. The molecule has 2 aliphatic heterocycles. The van der Waals surface area contributed by atoms with Gasteiger partial charge >= 0.3 is 0 Å². The summed E-state index contributed by atoms with van der Waals surface area (Å²) < 4.78 is 0. The second-order valence-corrected chi connectivity index (χ2v) is 8.28. The highest BCUT2D eigenvalue weighted by Gasteiger charge is 2.59. The van der Waals surface area contributed by atoms with E-state index >= 15 is 0 Å². The SMILES string of the molecule is CCCCN1C(=O)[C@H]2[C@H](ON(c3ccccc3C)[C@@H]2c2ccc(N(C)C)cc2)C1=O. The molecule has 2 aliphatic rings. The quantitative estimate of drug-likeness (QED) is 0.684. The molecule has 0 radical (unpaired) electrons. The topological polar surface area (TPSA) is 53.1 Å². The van der Waals surface area contributed by atoms with Crippen LogP contribution in [0.15, 0.2) is 48.5 Å². The highest BCUT2D eigenvalue weighted by Crippen LogP contribution is 2.47. The summed E-state index contributed by atoms with van der Waals surface area (Å²) in [7, 11) is 3.99. The summed E-state index contributed by atoms with van der Waals surface area (Å²) in [5.74, 6) is -0.889. The Hall–Kier alpha value is -2.86. The smallest absolute Gasteiger partial charge is 0.261 e. The number of unbranched alkanes of at least 4 members (excludes halogenated alkanes) is 1. The Balaban J connectivity index is 1.75. The Morgan fingerprint density at radius 2 is 1.70 bits per heavy atom. The summed E-state index contributed by atoms with van der Waals surface area (Å²) in [5, 5.41) is 1.78. The van der Waals surface area contributed by atoms with E-state index in [1.54, 1.807) is 5.06 Å². The van der Waals surface area contributed by atoms with Crippen LogP contribution in [0.2, 0.25) is 0 Å². The van der Waals surface area contributed by atoms with Gasteiger partial charge in [-0.05, 0) is 42.7 Å². The molecule has 6 heteroatoms. The van der Waals surface area contributed by atoms with Gasteiger partial charge in [0, 0.05) is 26.3 Å². The molecule has 0 unspecified atom stereocenters. The van der Waals surface area contributed by atoms with E-state index in [2.05, 4.69) is 6.92 Å². The molecule has 2 heterocycles. The predicted octanol–water partition coefficient (Wildman–Crippen LogP) is 3.71. The lowest BCUT2D eigenvalue weighted by atomic mass is 9.90. The molecule has 2 amide bonds. The normalized spacial score (nSPS) is 23.3. The van der Waals surface area contributed by atoms with Crippen molar-refractivity contribution in [1.29, 1.82) is 0 Å². The highest BCUT2D eigenvalue weighted by molar-refractivity contribution is 6.07. The van der Waals surface area contributed by atoms with Crippen LogP contribution in [0, 0.1) is 12.8 Å². The number of rotatable bonds is 6. The van der Waals surface area contributed by atoms with Crippen molar-refractivity contribution < 1.29 is 14.4 Å². The van der Waals surface area contributed by atoms with Gasteiger partial charge in [-0.15, -0.1) is 0 Å². The van der Waals surface area contributed by atoms with Gasteiger partial charge in [0.2, 0.25) is 5.91 Å². The van der Waals surface area contributed by atoms with E-state index in [1.165, 1.54) is 4.90 Å². The average molecular weight is 408 g/mol. The summed E-state index contributed by atoms with van der Waals surface area (Å²) >= 11 is 0. The van der Waals surface area contributed by atoms with Crippen molar-refractivity contribution in [2.24, 2.45) is 5.92 Å². The van der Waals surface area contributed by atoms with Crippen molar-refractivity contribution in [2.45, 2.75) is 38.8 Å². The number of carbonyl (C=O) groups is 2. The van der Waals surface area contributed by atoms with Crippen molar-refractivity contribution in [1.82, 2.24) is 4.90 Å². The third-order valence-electron chi connectivity index (χ3n) is 6.05. The van der Waals surface area contributed by atoms with Crippen LogP contribution < -0.4 is 9.96 Å². The fourth-order valence-corrected chi connectivity index (χ4v) is 4.34. The van der Waals surface area contributed by atoms with Crippen molar-refractivity contribution in [3.63, 3.8) is 0 Å². The first-order chi connectivity index (χ1) is 14.4. The maximum absolute atomic E-state index is 13.3. The Morgan fingerprint density at radius 1 is 1.00 bits per heavy atom. The molecule has 0 aliphatic carbocycles. The number of amides is 2. The molecule has 2 fully saturated rings. The summed E-state index contributed by atoms with van der Waals surface area (Å²) in [6, 6.07) is 15.7. The number of para-hydroxylation sites is 1. The number of anilines is 2. The molecule has 0 spiro atoms. The second kappa shape index (κ2) is 8.11. The highest BCUT2D eigenvalue weighted by atomic mass is 16.7. The molecular formula is C24H29N3O3. The molecule has 0 bridgehead atoms. The van der Waals surface area contributed by atoms with E-state index in [1.807, 2.05) is 74.4 Å². The first-order valence-corrected chi connectivity index (χ1v) is 10.6. The third kappa shape index (κ3) is 3.35. The number of carbonyl (C=O) groups excluding carboxylic acids is 2. The van der Waals surface area contributed by atoms with Gasteiger partial charge in [-0.1, -0.05) is 43.7 Å². The van der Waals surface area contributed by atoms with E-state index in [4.69, 9.17) is 4.84 Å². The molecule has 6 nitrogen and oxygen atoms in total. The van der Waals surface area contributed by atoms with Crippen molar-refractivity contribution in [3.8, 4) is 0 Å². The minimum atomic E-state index is -0.771. The molecule has 2 saturated heterocycles. The number of likely N-dealkylation sites (tertiary alicyclic amines) is 1. The molecule has 3 atom stereocenters. The molecule has 2 aromatic rings. The average Bonchev–Trinajstić information content (AvgIpc) is 3.23. The Bertz CT molecular complexity index is 941. The first-order valence-electron chi connectivity index (χ1n) is 10.6. The maximum Gasteiger partial charge on any atom is 0.261 e. The van der Waals surface area contributed by atoms with Gasteiger partial charge in [0.05, 0.1) is 11.7 Å². The van der Waals surface area contributed by atoms with E-state index < -0.39 is 12.0 Å². The van der Waals surface area contributed by atoms with Crippen LogP contribution in [0.1, 0.15) is 36.9 Å². The third-order valence-corrected chi connectivity index (χ3v) is 6.05. The minimum absolute atomic E-state index is 0.128. The summed E-state index contributed by atoms with van der Waals surface area (Å²) in [6.45, 7) is 4.52. The van der Waals surface area contributed by atoms with Crippen LogP contribution in [-0.2, 0) is 14.4 Å². The lowest BCUT2D eigenvalue weighted by Gasteiger charge is -2.30. The first kappa shape index (κ1) is 20.4. The molecule has 30 heavy (non-hydrogen) atoms.